The lowest BCUT2D eigenvalue weighted by Crippen LogP contribution is -2.38. The first-order chi connectivity index (χ1) is 10.5. The van der Waals surface area contributed by atoms with Gasteiger partial charge in [-0.3, -0.25) is 14.5 Å². The largest absolute Gasteiger partial charge is 0.337 e. The number of nitrogens with zero attached hydrogens (tertiary/aromatic N) is 2. The molecule has 1 aromatic rings. The summed E-state index contributed by atoms with van der Waals surface area (Å²) in [7, 11) is 0. The van der Waals surface area contributed by atoms with Crippen LogP contribution in [0.25, 0.3) is 0 Å². The van der Waals surface area contributed by atoms with Gasteiger partial charge in [0.2, 0.25) is 5.91 Å². The Hall–Kier alpha value is -1.88. The van der Waals surface area contributed by atoms with Crippen molar-refractivity contribution in [3.8, 4) is 0 Å². The van der Waals surface area contributed by atoms with E-state index in [4.69, 9.17) is 0 Å². The molecule has 0 aliphatic carbocycles. The first-order valence-corrected chi connectivity index (χ1v) is 7.96. The number of rotatable bonds is 5. The first kappa shape index (κ1) is 16.5. The summed E-state index contributed by atoms with van der Waals surface area (Å²) >= 11 is 0. The van der Waals surface area contributed by atoms with Crippen molar-refractivity contribution < 1.29 is 9.59 Å². The van der Waals surface area contributed by atoms with E-state index < -0.39 is 0 Å². The van der Waals surface area contributed by atoms with E-state index >= 15 is 0 Å². The van der Waals surface area contributed by atoms with Crippen molar-refractivity contribution in [2.24, 2.45) is 0 Å². The van der Waals surface area contributed by atoms with E-state index in [1.807, 2.05) is 4.90 Å². The van der Waals surface area contributed by atoms with Gasteiger partial charge in [-0.2, -0.15) is 0 Å². The summed E-state index contributed by atoms with van der Waals surface area (Å²) in [5.41, 5.74) is 1.39. The van der Waals surface area contributed by atoms with Gasteiger partial charge >= 0.3 is 0 Å². The van der Waals surface area contributed by atoms with Crippen LogP contribution in [0.3, 0.4) is 0 Å². The van der Waals surface area contributed by atoms with Gasteiger partial charge in [-0.25, -0.2) is 0 Å². The Balaban J connectivity index is 1.99. The molecule has 1 aliphatic heterocycles. The zero-order valence-corrected chi connectivity index (χ0v) is 13.6. The highest BCUT2D eigenvalue weighted by Crippen LogP contribution is 2.19. The first-order valence-electron chi connectivity index (χ1n) is 7.96. The summed E-state index contributed by atoms with van der Waals surface area (Å²) < 4.78 is 0. The quantitative estimate of drug-likeness (QED) is 0.907. The predicted octanol–water partition coefficient (Wildman–Crippen LogP) is 2.20. The summed E-state index contributed by atoms with van der Waals surface area (Å²) in [5.74, 6) is -0.0373. The normalized spacial score (nSPS) is 17.8. The van der Waals surface area contributed by atoms with Gasteiger partial charge in [-0.15, -0.1) is 0 Å². The van der Waals surface area contributed by atoms with Gasteiger partial charge < -0.3 is 10.2 Å². The van der Waals surface area contributed by atoms with E-state index in [0.717, 1.165) is 32.6 Å². The average molecular weight is 303 g/mol. The van der Waals surface area contributed by atoms with Gasteiger partial charge in [0.05, 0.1) is 0 Å². The number of nitrogens with one attached hydrogen (secondary N) is 1. The number of hydrogen-bond donors (Lipinski definition) is 1. The maximum atomic E-state index is 12.5. The number of benzene rings is 1. The summed E-state index contributed by atoms with van der Waals surface area (Å²) in [5, 5.41) is 2.71. The topological polar surface area (TPSA) is 52.6 Å². The Bertz CT molecular complexity index is 523. The van der Waals surface area contributed by atoms with Gasteiger partial charge in [0.25, 0.3) is 5.91 Å². The molecule has 0 saturated carbocycles. The lowest BCUT2D eigenvalue weighted by Gasteiger charge is -2.26. The molecule has 1 aliphatic rings. The molecule has 22 heavy (non-hydrogen) atoms. The Kier molecular flexibility index (Phi) is 5.55. The lowest BCUT2D eigenvalue weighted by atomic mass is 10.2. The van der Waals surface area contributed by atoms with E-state index in [2.05, 4.69) is 24.1 Å². The molecule has 1 unspecified atom stereocenters. The minimum atomic E-state index is -0.110. The van der Waals surface area contributed by atoms with Crippen molar-refractivity contribution in [3.05, 3.63) is 29.8 Å². The van der Waals surface area contributed by atoms with Crippen molar-refractivity contribution in [2.45, 2.75) is 33.2 Å². The number of likely N-dealkylation sites (tertiary alicyclic amines) is 1. The van der Waals surface area contributed by atoms with Crippen molar-refractivity contribution in [1.82, 2.24) is 9.80 Å². The van der Waals surface area contributed by atoms with Crippen molar-refractivity contribution >= 4 is 17.5 Å². The summed E-state index contributed by atoms with van der Waals surface area (Å²) in [4.78, 5) is 27.9. The van der Waals surface area contributed by atoms with Crippen LogP contribution >= 0.6 is 0 Å². The van der Waals surface area contributed by atoms with Gasteiger partial charge in [0.1, 0.15) is 0 Å². The van der Waals surface area contributed by atoms with Crippen LogP contribution in [0.1, 0.15) is 37.6 Å². The molecule has 1 heterocycles. The highest BCUT2D eigenvalue weighted by molar-refractivity contribution is 5.95. The van der Waals surface area contributed by atoms with E-state index in [-0.39, 0.29) is 11.8 Å². The molecule has 0 radical (unpaired) electrons. The Labute approximate surface area is 132 Å². The maximum Gasteiger partial charge on any atom is 0.253 e. The van der Waals surface area contributed by atoms with Crippen LogP contribution in [0.4, 0.5) is 5.69 Å². The third-order valence-electron chi connectivity index (χ3n) is 4.23. The second-order valence-corrected chi connectivity index (χ2v) is 5.67. The van der Waals surface area contributed by atoms with Crippen LogP contribution in [0.2, 0.25) is 0 Å². The third-order valence-corrected chi connectivity index (χ3v) is 4.23. The molecule has 1 atom stereocenters. The highest BCUT2D eigenvalue weighted by Gasteiger charge is 2.29. The van der Waals surface area contributed by atoms with Crippen molar-refractivity contribution in [2.75, 3.05) is 31.5 Å². The van der Waals surface area contributed by atoms with Gasteiger partial charge in [0.15, 0.2) is 0 Å². The van der Waals surface area contributed by atoms with Gasteiger partial charge in [-0.05, 0) is 43.8 Å². The van der Waals surface area contributed by atoms with Crippen molar-refractivity contribution in [3.63, 3.8) is 0 Å². The van der Waals surface area contributed by atoms with Crippen molar-refractivity contribution in [1.29, 1.82) is 0 Å². The minimum Gasteiger partial charge on any atom is -0.337 e. The number of hydrogen-bond acceptors (Lipinski definition) is 3. The number of amides is 2. The molecule has 1 N–H and O–H groups in total. The number of carbonyl (C=O) groups excluding carboxylic acids is 2. The number of likely N-dealkylation sites (N-methyl/N-ethyl adjacent to an activating group) is 1. The smallest absolute Gasteiger partial charge is 0.253 e. The molecule has 1 fully saturated rings. The van der Waals surface area contributed by atoms with E-state index in [1.54, 1.807) is 24.3 Å². The molecule has 5 nitrogen and oxygen atoms in total. The molecule has 0 aromatic heterocycles. The van der Waals surface area contributed by atoms with Crippen LogP contribution in [-0.4, -0.2) is 53.8 Å². The number of anilines is 1. The Morgan fingerprint density at radius 1 is 1.23 bits per heavy atom. The molecule has 1 saturated heterocycles. The highest BCUT2D eigenvalue weighted by atomic mass is 16.2. The molecular weight excluding hydrogens is 278 g/mol. The van der Waals surface area contributed by atoms with Gasteiger partial charge in [-0.1, -0.05) is 13.8 Å². The molecule has 5 heteroatoms. The maximum absolute atomic E-state index is 12.5. The fourth-order valence-corrected chi connectivity index (χ4v) is 3.05. The minimum absolute atomic E-state index is 0.0732. The van der Waals surface area contributed by atoms with Crippen LogP contribution in [-0.2, 0) is 4.79 Å². The van der Waals surface area contributed by atoms with Crippen LogP contribution in [0.15, 0.2) is 24.3 Å². The fourth-order valence-electron chi connectivity index (χ4n) is 3.05. The second kappa shape index (κ2) is 7.40. The SMILES string of the molecule is CCN(CC)C1CCN(C(=O)c2ccc(NC(C)=O)cc2)C1. The molecular formula is C17H25N3O2. The van der Waals surface area contributed by atoms with Crippen LogP contribution < -0.4 is 5.32 Å². The Morgan fingerprint density at radius 2 is 1.86 bits per heavy atom. The number of carbonyl (C=O) groups is 2. The fraction of sp³-hybridized carbons (Fsp3) is 0.529. The zero-order valence-electron chi connectivity index (χ0n) is 13.6. The van der Waals surface area contributed by atoms with Crippen LogP contribution in [0.5, 0.6) is 0 Å². The molecule has 2 amide bonds. The van der Waals surface area contributed by atoms with Crippen LogP contribution in [0, 0.1) is 0 Å². The monoisotopic (exact) mass is 303 g/mol. The van der Waals surface area contributed by atoms with E-state index in [9.17, 15) is 9.59 Å². The zero-order chi connectivity index (χ0) is 16.1. The van der Waals surface area contributed by atoms with E-state index in [0.29, 0.717) is 17.3 Å². The second-order valence-electron chi connectivity index (χ2n) is 5.67. The predicted molar refractivity (Wildman–Crippen MR) is 88.0 cm³/mol. The van der Waals surface area contributed by atoms with Gasteiger partial charge in [0, 0.05) is 37.3 Å². The average Bonchev–Trinajstić information content (AvgIpc) is 2.98. The Morgan fingerprint density at radius 3 is 2.41 bits per heavy atom. The lowest BCUT2D eigenvalue weighted by molar-refractivity contribution is -0.114. The molecule has 1 aromatic carbocycles. The third kappa shape index (κ3) is 3.85. The standard InChI is InChI=1S/C17H25N3O2/c1-4-19(5-2)16-10-11-20(12-16)17(22)14-6-8-15(9-7-14)18-13(3)21/h6-9,16H,4-5,10-12H2,1-3H3,(H,18,21). The summed E-state index contributed by atoms with van der Waals surface area (Å²) in [6.07, 6.45) is 1.04. The molecule has 2 rings (SSSR count). The molecule has 0 bridgehead atoms. The molecule has 120 valence electrons. The summed E-state index contributed by atoms with van der Waals surface area (Å²) in [6, 6.07) is 7.56. The molecule has 0 spiro atoms. The summed E-state index contributed by atoms with van der Waals surface area (Å²) in [6.45, 7) is 9.45. The van der Waals surface area contributed by atoms with E-state index in [1.165, 1.54) is 6.92 Å².